The number of methoxy groups -OCH3 is 1. The van der Waals surface area contributed by atoms with Crippen LogP contribution in [0.1, 0.15) is 42.4 Å². The molecule has 31 heavy (non-hydrogen) atoms. The Hall–Kier alpha value is -1.91. The van der Waals surface area contributed by atoms with E-state index in [4.69, 9.17) is 4.74 Å². The molecule has 0 amide bonds. The summed E-state index contributed by atoms with van der Waals surface area (Å²) in [5.74, 6) is 3.68. The summed E-state index contributed by atoms with van der Waals surface area (Å²) < 4.78 is 7.91. The minimum Gasteiger partial charge on any atom is -0.497 e. The summed E-state index contributed by atoms with van der Waals surface area (Å²) in [6.45, 7) is 5.71. The lowest BCUT2D eigenvalue weighted by Crippen LogP contribution is -2.50. The first-order valence-corrected chi connectivity index (χ1v) is 13.1. The van der Waals surface area contributed by atoms with Crippen LogP contribution in [0, 0.1) is 5.92 Å². The SMILES string of the molecule is CCCN1C[C@@H](CSC)C[C@@H]2c3cccc4c3c(cn4Cc3cccc(OC)c3)C[C@H]21. The van der Waals surface area contributed by atoms with Crippen LogP contribution >= 0.6 is 11.8 Å². The Labute approximate surface area is 190 Å². The normalized spacial score (nSPS) is 23.1. The fourth-order valence-electron chi connectivity index (χ4n) is 6.07. The van der Waals surface area contributed by atoms with Gasteiger partial charge >= 0.3 is 0 Å². The highest BCUT2D eigenvalue weighted by molar-refractivity contribution is 7.98. The lowest BCUT2D eigenvalue weighted by molar-refractivity contribution is 0.0926. The van der Waals surface area contributed by atoms with Gasteiger partial charge in [0.15, 0.2) is 0 Å². The van der Waals surface area contributed by atoms with Gasteiger partial charge in [-0.05, 0) is 78.6 Å². The van der Waals surface area contributed by atoms with Crippen molar-refractivity contribution >= 4 is 22.7 Å². The van der Waals surface area contributed by atoms with Gasteiger partial charge in [0, 0.05) is 42.1 Å². The zero-order valence-corrected chi connectivity index (χ0v) is 19.8. The topological polar surface area (TPSA) is 17.4 Å². The van der Waals surface area contributed by atoms with E-state index < -0.39 is 0 Å². The Balaban J connectivity index is 1.53. The van der Waals surface area contributed by atoms with Crippen LogP contribution in [0.3, 0.4) is 0 Å². The maximum Gasteiger partial charge on any atom is 0.119 e. The number of hydrogen-bond donors (Lipinski definition) is 0. The van der Waals surface area contributed by atoms with E-state index >= 15 is 0 Å². The maximum atomic E-state index is 5.45. The highest BCUT2D eigenvalue weighted by Crippen LogP contribution is 2.45. The fraction of sp³-hybridized carbons (Fsp3) is 0.481. The molecule has 3 atom stereocenters. The predicted octanol–water partition coefficient (Wildman–Crippen LogP) is 5.80. The van der Waals surface area contributed by atoms with Gasteiger partial charge in [0.1, 0.15) is 5.75 Å². The van der Waals surface area contributed by atoms with E-state index in [2.05, 4.69) is 65.2 Å². The number of ether oxygens (including phenoxy) is 1. The van der Waals surface area contributed by atoms with E-state index in [1.54, 1.807) is 18.2 Å². The molecule has 2 heterocycles. The van der Waals surface area contributed by atoms with Crippen molar-refractivity contribution in [2.75, 3.05) is 32.2 Å². The van der Waals surface area contributed by atoms with Crippen molar-refractivity contribution in [1.82, 2.24) is 9.47 Å². The number of thioether (sulfide) groups is 1. The number of fused-ring (bicyclic) bond motifs is 2. The first kappa shape index (κ1) is 21.0. The number of likely N-dealkylation sites (tertiary alicyclic amines) is 1. The first-order valence-electron chi connectivity index (χ1n) is 11.7. The van der Waals surface area contributed by atoms with Crippen molar-refractivity contribution in [3.63, 3.8) is 0 Å². The molecule has 1 fully saturated rings. The molecule has 3 aromatic rings. The van der Waals surface area contributed by atoms with Gasteiger partial charge in [-0.2, -0.15) is 11.8 Å². The van der Waals surface area contributed by atoms with Crippen LogP contribution < -0.4 is 4.74 Å². The number of nitrogens with zero attached hydrogens (tertiary/aromatic N) is 2. The summed E-state index contributed by atoms with van der Waals surface area (Å²) >= 11 is 2.01. The van der Waals surface area contributed by atoms with Gasteiger partial charge in [0.2, 0.25) is 0 Å². The molecule has 1 aromatic heterocycles. The molecule has 0 saturated carbocycles. The molecule has 0 bridgehead atoms. The minimum absolute atomic E-state index is 0.656. The van der Waals surface area contributed by atoms with E-state index in [0.717, 1.165) is 18.2 Å². The molecular weight excluding hydrogens is 400 g/mol. The molecule has 5 rings (SSSR count). The molecule has 0 spiro atoms. The summed E-state index contributed by atoms with van der Waals surface area (Å²) in [6, 6.07) is 16.1. The summed E-state index contributed by atoms with van der Waals surface area (Å²) in [5.41, 5.74) is 5.82. The standard InChI is InChI=1S/C27H34N2OS/c1-4-11-28-16-20(18-31-3)13-24-23-9-6-10-25-27(23)21(14-26(24)28)17-29(25)15-19-7-5-8-22(12-19)30-2/h5-10,12,17,20,24,26H,4,11,13-16,18H2,1-3H3/t20-,24+,26+/m0/s1. The molecule has 164 valence electrons. The zero-order valence-electron chi connectivity index (χ0n) is 19.0. The van der Waals surface area contributed by atoms with Crippen LogP contribution in [-0.2, 0) is 13.0 Å². The van der Waals surface area contributed by atoms with Crippen molar-refractivity contribution in [3.05, 3.63) is 65.4 Å². The summed E-state index contributed by atoms with van der Waals surface area (Å²) in [7, 11) is 1.74. The van der Waals surface area contributed by atoms with E-state index in [-0.39, 0.29) is 0 Å². The van der Waals surface area contributed by atoms with E-state index in [1.807, 2.05) is 17.8 Å². The van der Waals surface area contributed by atoms with E-state index in [9.17, 15) is 0 Å². The average molecular weight is 435 g/mol. The smallest absolute Gasteiger partial charge is 0.119 e. The molecule has 0 N–H and O–H groups in total. The van der Waals surface area contributed by atoms with Crippen LogP contribution in [0.2, 0.25) is 0 Å². The first-order chi connectivity index (χ1) is 15.2. The third kappa shape index (κ3) is 3.89. The molecule has 1 saturated heterocycles. The van der Waals surface area contributed by atoms with Gasteiger partial charge in [-0.25, -0.2) is 0 Å². The molecule has 0 radical (unpaired) electrons. The van der Waals surface area contributed by atoms with E-state index in [1.165, 1.54) is 54.6 Å². The largest absolute Gasteiger partial charge is 0.497 e. The number of benzene rings is 2. The molecule has 2 aromatic carbocycles. The Kier molecular flexibility index (Phi) is 6.03. The second-order valence-corrected chi connectivity index (χ2v) is 10.2. The number of piperidine rings is 1. The van der Waals surface area contributed by atoms with Crippen LogP contribution in [-0.4, -0.2) is 47.7 Å². The Morgan fingerprint density at radius 3 is 2.84 bits per heavy atom. The lowest BCUT2D eigenvalue weighted by Gasteiger charge is -2.47. The zero-order chi connectivity index (χ0) is 21.4. The van der Waals surface area contributed by atoms with Crippen LogP contribution in [0.5, 0.6) is 5.75 Å². The van der Waals surface area contributed by atoms with Crippen molar-refractivity contribution in [1.29, 1.82) is 0 Å². The van der Waals surface area contributed by atoms with Gasteiger partial charge < -0.3 is 9.30 Å². The van der Waals surface area contributed by atoms with Crippen LogP contribution in [0.25, 0.3) is 10.9 Å². The summed E-state index contributed by atoms with van der Waals surface area (Å²) in [6.07, 6.45) is 8.46. The minimum atomic E-state index is 0.656. The van der Waals surface area contributed by atoms with Gasteiger partial charge in [-0.15, -0.1) is 0 Å². The van der Waals surface area contributed by atoms with Gasteiger partial charge in [0.05, 0.1) is 7.11 Å². The second-order valence-electron chi connectivity index (χ2n) is 9.31. The Bertz CT molecular complexity index is 1060. The number of rotatable bonds is 7. The predicted molar refractivity (Wildman–Crippen MR) is 133 cm³/mol. The molecule has 4 heteroatoms. The monoisotopic (exact) mass is 434 g/mol. The summed E-state index contributed by atoms with van der Waals surface area (Å²) in [5, 5.41) is 1.54. The molecular formula is C27H34N2OS. The molecule has 1 aliphatic carbocycles. The van der Waals surface area contributed by atoms with Crippen LogP contribution in [0.4, 0.5) is 0 Å². The number of hydrogen-bond acceptors (Lipinski definition) is 3. The van der Waals surface area contributed by atoms with Gasteiger partial charge in [-0.1, -0.05) is 31.2 Å². The average Bonchev–Trinajstić information content (AvgIpc) is 3.13. The van der Waals surface area contributed by atoms with E-state index in [0.29, 0.717) is 12.0 Å². The third-order valence-electron chi connectivity index (χ3n) is 7.26. The van der Waals surface area contributed by atoms with Crippen molar-refractivity contribution in [2.45, 2.75) is 44.7 Å². The highest BCUT2D eigenvalue weighted by Gasteiger charge is 2.40. The van der Waals surface area contributed by atoms with Crippen molar-refractivity contribution in [3.8, 4) is 5.75 Å². The lowest BCUT2D eigenvalue weighted by atomic mass is 9.72. The van der Waals surface area contributed by atoms with Crippen molar-refractivity contribution in [2.24, 2.45) is 5.92 Å². The molecule has 1 aliphatic heterocycles. The second kappa shape index (κ2) is 8.91. The summed E-state index contributed by atoms with van der Waals surface area (Å²) in [4.78, 5) is 2.82. The highest BCUT2D eigenvalue weighted by atomic mass is 32.2. The van der Waals surface area contributed by atoms with Gasteiger partial charge in [-0.3, -0.25) is 4.90 Å². The van der Waals surface area contributed by atoms with Crippen LogP contribution in [0.15, 0.2) is 48.7 Å². The fourth-order valence-corrected chi connectivity index (χ4v) is 6.79. The molecule has 0 unspecified atom stereocenters. The maximum absolute atomic E-state index is 5.45. The third-order valence-corrected chi connectivity index (χ3v) is 8.06. The Morgan fingerprint density at radius 1 is 1.16 bits per heavy atom. The van der Waals surface area contributed by atoms with Crippen molar-refractivity contribution < 1.29 is 4.74 Å². The Morgan fingerprint density at radius 2 is 2.03 bits per heavy atom. The molecule has 3 nitrogen and oxygen atoms in total. The quantitative estimate of drug-likeness (QED) is 0.468. The van der Waals surface area contributed by atoms with Gasteiger partial charge in [0.25, 0.3) is 0 Å². The molecule has 2 aliphatic rings. The number of aromatic nitrogens is 1.